The lowest BCUT2D eigenvalue weighted by Crippen LogP contribution is -2.60. The highest BCUT2D eigenvalue weighted by Crippen LogP contribution is 2.57. The van der Waals surface area contributed by atoms with Gasteiger partial charge in [-0.2, -0.15) is 0 Å². The van der Waals surface area contributed by atoms with Crippen molar-refractivity contribution in [2.45, 2.75) is 173 Å². The lowest BCUT2D eigenvalue weighted by atomic mass is 9.58. The van der Waals surface area contributed by atoms with Crippen LogP contribution in [0.1, 0.15) is 131 Å². The van der Waals surface area contributed by atoms with Crippen molar-refractivity contribution in [3.8, 4) is 0 Å². The number of hydrogen-bond donors (Lipinski definition) is 2. The van der Waals surface area contributed by atoms with E-state index in [1.807, 2.05) is 19.9 Å². The summed E-state index contributed by atoms with van der Waals surface area (Å²) in [6.07, 6.45) is 14.2. The Labute approximate surface area is 299 Å². The minimum Gasteiger partial charge on any atom is -0.450 e. The molecule has 11 unspecified atom stereocenters. The van der Waals surface area contributed by atoms with Crippen molar-refractivity contribution in [3.63, 3.8) is 0 Å². The second-order valence-corrected chi connectivity index (χ2v) is 17.6. The molecule has 2 N–H and O–H groups in total. The van der Waals surface area contributed by atoms with E-state index in [1.54, 1.807) is 0 Å². The Balaban J connectivity index is 1.27. The molecule has 0 aromatic carbocycles. The summed E-state index contributed by atoms with van der Waals surface area (Å²) in [4.78, 5) is 17.9. The van der Waals surface area contributed by atoms with E-state index >= 15 is 0 Å². The third-order valence-electron chi connectivity index (χ3n) is 13.8. The molecule has 50 heavy (non-hydrogen) atoms. The highest BCUT2D eigenvalue weighted by Gasteiger charge is 2.64. The summed E-state index contributed by atoms with van der Waals surface area (Å²) in [5.41, 5.74) is 5.23. The van der Waals surface area contributed by atoms with Crippen LogP contribution in [-0.2, 0) is 23.7 Å². The number of aliphatic imine (C=N–C) groups is 1. The molecule has 276 valence electrons. The van der Waals surface area contributed by atoms with Gasteiger partial charge in [0.2, 0.25) is 5.79 Å². The molecule has 0 aromatic heterocycles. The molecule has 0 amide bonds. The van der Waals surface area contributed by atoms with Crippen LogP contribution in [0, 0.1) is 23.2 Å². The van der Waals surface area contributed by atoms with Crippen molar-refractivity contribution in [1.82, 2.24) is 0 Å². The van der Waals surface area contributed by atoms with Gasteiger partial charge < -0.3 is 29.2 Å². The first-order chi connectivity index (χ1) is 23.6. The zero-order valence-electron chi connectivity index (χ0n) is 31.4. The van der Waals surface area contributed by atoms with E-state index in [4.69, 9.17) is 23.9 Å². The molecule has 8 heteroatoms. The average molecular weight is 692 g/mol. The maximum absolute atomic E-state index is 12.5. The predicted octanol–water partition coefficient (Wildman–Crippen LogP) is 7.83. The van der Waals surface area contributed by atoms with E-state index in [-0.39, 0.29) is 41.5 Å². The summed E-state index contributed by atoms with van der Waals surface area (Å²) in [5, 5.41) is 23.5. The second-order valence-electron chi connectivity index (χ2n) is 17.6. The summed E-state index contributed by atoms with van der Waals surface area (Å²) >= 11 is 0. The van der Waals surface area contributed by atoms with Gasteiger partial charge in [-0.25, -0.2) is 4.79 Å². The Morgan fingerprint density at radius 1 is 0.980 bits per heavy atom. The molecule has 3 fully saturated rings. The molecule has 6 heterocycles. The normalized spacial score (nSPS) is 46.0. The molecule has 8 nitrogen and oxygen atoms in total. The van der Waals surface area contributed by atoms with Gasteiger partial charge in [-0.3, -0.25) is 4.99 Å². The van der Waals surface area contributed by atoms with Gasteiger partial charge in [-0.15, -0.1) is 0 Å². The van der Waals surface area contributed by atoms with Crippen LogP contribution in [0.25, 0.3) is 0 Å². The van der Waals surface area contributed by atoms with E-state index in [0.29, 0.717) is 43.6 Å². The van der Waals surface area contributed by atoms with Gasteiger partial charge in [-0.1, -0.05) is 37.6 Å². The topological polar surface area (TPSA) is 107 Å². The Morgan fingerprint density at radius 3 is 2.54 bits per heavy atom. The molecule has 6 aliphatic heterocycles. The summed E-state index contributed by atoms with van der Waals surface area (Å²) in [7, 11) is 0. The van der Waals surface area contributed by atoms with Gasteiger partial charge in [-0.05, 0) is 121 Å². The lowest BCUT2D eigenvalue weighted by Gasteiger charge is -2.49. The highest BCUT2D eigenvalue weighted by molar-refractivity contribution is 5.92. The second kappa shape index (κ2) is 13.4. The largest absolute Gasteiger partial charge is 0.450 e. The first kappa shape index (κ1) is 36.3. The number of carbonyl (C=O) groups excluding carboxylic acids is 1. The summed E-state index contributed by atoms with van der Waals surface area (Å²) in [6, 6.07) is 0. The molecule has 1 aliphatic carbocycles. The van der Waals surface area contributed by atoms with E-state index < -0.39 is 23.3 Å². The minimum absolute atomic E-state index is 0.0319. The van der Waals surface area contributed by atoms with Gasteiger partial charge in [0.1, 0.15) is 11.7 Å². The monoisotopic (exact) mass is 691 g/mol. The van der Waals surface area contributed by atoms with Crippen molar-refractivity contribution >= 4 is 11.7 Å². The lowest BCUT2D eigenvalue weighted by molar-refractivity contribution is -0.387. The number of hydrogen-bond acceptors (Lipinski definition) is 8. The molecular formula is C42H61NO7. The van der Waals surface area contributed by atoms with Crippen LogP contribution in [0.5, 0.6) is 0 Å². The molecule has 0 radical (unpaired) electrons. The Bertz CT molecular complexity index is 1510. The number of rotatable bonds is 1. The van der Waals surface area contributed by atoms with Crippen molar-refractivity contribution in [1.29, 1.82) is 0 Å². The SMILES string of the molecule is C=C1CCCC2=NCC(C)CCC23CCC(C2C=C(C)C(=O)O2)=C(C)C3C=C(C)C(O)CC2OC3(CCC4(OC(CCC4(C)O)C1)O3)CC2C. The fourth-order valence-corrected chi connectivity index (χ4v) is 10.5. The number of aliphatic hydroxyl groups is 2. The fourth-order valence-electron chi connectivity index (χ4n) is 10.5. The predicted molar refractivity (Wildman–Crippen MR) is 193 cm³/mol. The van der Waals surface area contributed by atoms with Crippen molar-refractivity contribution in [2.75, 3.05) is 6.54 Å². The number of aliphatic hydroxyl groups excluding tert-OH is 1. The first-order valence-electron chi connectivity index (χ1n) is 19.6. The Morgan fingerprint density at radius 2 is 1.78 bits per heavy atom. The maximum Gasteiger partial charge on any atom is 0.334 e. The summed E-state index contributed by atoms with van der Waals surface area (Å²) in [5.74, 6) is -1.47. The zero-order valence-corrected chi connectivity index (χ0v) is 31.4. The van der Waals surface area contributed by atoms with Gasteiger partial charge in [0, 0.05) is 54.8 Å². The molecule has 11 atom stereocenters. The molecule has 0 aromatic rings. The first-order valence-corrected chi connectivity index (χ1v) is 19.6. The molecule has 7 rings (SSSR count). The van der Waals surface area contributed by atoms with E-state index in [2.05, 4.69) is 40.3 Å². The quantitative estimate of drug-likeness (QED) is 0.213. The molecule has 3 saturated heterocycles. The number of fused-ring (bicyclic) bond motifs is 2. The van der Waals surface area contributed by atoms with Crippen LogP contribution >= 0.6 is 0 Å². The van der Waals surface area contributed by atoms with Gasteiger partial charge in [0.25, 0.3) is 0 Å². The standard InChI is InChI=1S/C42H61NO7/c1-25-9-8-10-37-40(15-11-26(2)24-43-37)16-13-32(36-21-28(4)38(45)47-36)30(6)33(40)20-27(3)34(44)22-35-29(5)23-41(49-35)17-18-42(50-41)39(7,46)14-12-31(19-25)48-42/h20-21,26,29,31,33-36,44,46H,1,8-19,22-24H2,2-7H3. The van der Waals surface area contributed by atoms with Crippen LogP contribution in [0.2, 0.25) is 0 Å². The smallest absolute Gasteiger partial charge is 0.334 e. The van der Waals surface area contributed by atoms with E-state index in [1.165, 1.54) is 22.4 Å². The number of cyclic esters (lactones) is 1. The Kier molecular flexibility index (Phi) is 9.71. The number of esters is 1. The number of ether oxygens (including phenoxy) is 4. The molecule has 3 spiro atoms. The minimum atomic E-state index is -1.12. The molecule has 7 aliphatic rings. The third kappa shape index (κ3) is 6.44. The molecular weight excluding hydrogens is 630 g/mol. The highest BCUT2D eigenvalue weighted by atomic mass is 16.8. The van der Waals surface area contributed by atoms with Gasteiger partial charge >= 0.3 is 5.97 Å². The third-order valence-corrected chi connectivity index (χ3v) is 13.8. The zero-order chi connectivity index (χ0) is 35.6. The van der Waals surface area contributed by atoms with Crippen LogP contribution in [0.4, 0.5) is 0 Å². The van der Waals surface area contributed by atoms with Gasteiger partial charge in [0.15, 0.2) is 5.79 Å². The Hall–Kier alpha value is -2.10. The van der Waals surface area contributed by atoms with Crippen LogP contribution in [0.15, 0.2) is 51.6 Å². The van der Waals surface area contributed by atoms with Crippen LogP contribution in [0.3, 0.4) is 0 Å². The van der Waals surface area contributed by atoms with Crippen LogP contribution < -0.4 is 0 Å². The van der Waals surface area contributed by atoms with Crippen molar-refractivity contribution in [3.05, 3.63) is 46.6 Å². The average Bonchev–Trinajstić information content (AvgIpc) is 3.65. The summed E-state index contributed by atoms with van der Waals surface area (Å²) in [6.45, 7) is 17.8. The van der Waals surface area contributed by atoms with Crippen molar-refractivity contribution in [2.24, 2.45) is 28.2 Å². The molecule has 0 saturated carbocycles. The molecule has 4 bridgehead atoms. The van der Waals surface area contributed by atoms with Crippen LogP contribution in [-0.4, -0.2) is 70.0 Å². The van der Waals surface area contributed by atoms with Crippen molar-refractivity contribution < 1.29 is 34.0 Å². The maximum atomic E-state index is 12.5. The van der Waals surface area contributed by atoms with E-state index in [0.717, 1.165) is 69.9 Å². The number of nitrogens with zero attached hydrogens (tertiary/aromatic N) is 1. The number of allylic oxidation sites excluding steroid dienone is 2. The van der Waals surface area contributed by atoms with Gasteiger partial charge in [0.05, 0.1) is 18.3 Å². The number of carbonyl (C=O) groups is 1. The van der Waals surface area contributed by atoms with E-state index in [9.17, 15) is 15.0 Å². The summed E-state index contributed by atoms with van der Waals surface area (Å²) < 4.78 is 26.2. The fraction of sp³-hybridized carbons (Fsp3) is 0.762.